The molecule has 0 atom stereocenters. The van der Waals surface area contributed by atoms with Crippen molar-refractivity contribution in [1.82, 2.24) is 14.9 Å². The number of nitrogens with zero attached hydrogens (tertiary/aromatic N) is 4. The molecular formula is C22H25ClN4S. The summed E-state index contributed by atoms with van der Waals surface area (Å²) in [6.07, 6.45) is 8.69. The van der Waals surface area contributed by atoms with E-state index < -0.39 is 0 Å². The molecule has 2 aliphatic rings. The zero-order valence-electron chi connectivity index (χ0n) is 16.0. The molecule has 146 valence electrons. The van der Waals surface area contributed by atoms with E-state index in [2.05, 4.69) is 32.3 Å². The predicted molar refractivity (Wildman–Crippen MR) is 119 cm³/mol. The highest BCUT2D eigenvalue weighted by molar-refractivity contribution is 7.17. The summed E-state index contributed by atoms with van der Waals surface area (Å²) in [7, 11) is 0. The minimum atomic E-state index is 0.763. The Kier molecular flexibility index (Phi) is 5.22. The Morgan fingerprint density at radius 3 is 2.43 bits per heavy atom. The Hall–Kier alpha value is -1.69. The summed E-state index contributed by atoms with van der Waals surface area (Å²) in [6, 6.07) is 8.87. The van der Waals surface area contributed by atoms with Crippen molar-refractivity contribution in [2.75, 3.05) is 31.1 Å². The first-order valence-corrected chi connectivity index (χ1v) is 11.5. The minimum Gasteiger partial charge on any atom is -0.353 e. The third kappa shape index (κ3) is 3.51. The van der Waals surface area contributed by atoms with Crippen LogP contribution in [0.2, 0.25) is 5.02 Å². The van der Waals surface area contributed by atoms with Gasteiger partial charge in [-0.2, -0.15) is 0 Å². The maximum atomic E-state index is 6.09. The van der Waals surface area contributed by atoms with E-state index in [0.717, 1.165) is 47.9 Å². The van der Waals surface area contributed by atoms with E-state index in [1.165, 1.54) is 48.6 Å². The van der Waals surface area contributed by atoms with Crippen LogP contribution in [0.1, 0.15) is 32.1 Å². The summed E-state index contributed by atoms with van der Waals surface area (Å²) >= 11 is 7.78. The maximum absolute atomic E-state index is 6.09. The summed E-state index contributed by atoms with van der Waals surface area (Å²) in [6.45, 7) is 4.35. The lowest BCUT2D eigenvalue weighted by Gasteiger charge is -2.41. The minimum absolute atomic E-state index is 0.763. The van der Waals surface area contributed by atoms with Gasteiger partial charge in [0.15, 0.2) is 0 Å². The Balaban J connectivity index is 1.42. The van der Waals surface area contributed by atoms with Crippen molar-refractivity contribution in [2.24, 2.45) is 0 Å². The van der Waals surface area contributed by atoms with Crippen LogP contribution in [0.15, 0.2) is 36.0 Å². The van der Waals surface area contributed by atoms with Gasteiger partial charge in [0.1, 0.15) is 17.0 Å². The second-order valence-corrected chi connectivity index (χ2v) is 9.14. The highest BCUT2D eigenvalue weighted by Gasteiger charge is 2.27. The van der Waals surface area contributed by atoms with E-state index in [0.29, 0.717) is 0 Å². The van der Waals surface area contributed by atoms with Gasteiger partial charge in [0, 0.05) is 48.2 Å². The molecule has 0 radical (unpaired) electrons. The molecular weight excluding hydrogens is 388 g/mol. The van der Waals surface area contributed by atoms with Crippen LogP contribution in [-0.4, -0.2) is 47.1 Å². The number of thiophene rings is 1. The Labute approximate surface area is 175 Å². The highest BCUT2D eigenvalue weighted by atomic mass is 35.5. The average Bonchev–Trinajstić information content (AvgIpc) is 3.19. The number of aromatic nitrogens is 2. The molecule has 1 aliphatic carbocycles. The molecule has 3 heterocycles. The molecule has 0 unspecified atom stereocenters. The first-order chi connectivity index (χ1) is 13.8. The molecule has 2 fully saturated rings. The molecule has 4 nitrogen and oxygen atoms in total. The van der Waals surface area contributed by atoms with Crippen molar-refractivity contribution in [3.8, 4) is 11.1 Å². The molecule has 1 saturated heterocycles. The van der Waals surface area contributed by atoms with Crippen LogP contribution < -0.4 is 4.90 Å². The smallest absolute Gasteiger partial charge is 0.141 e. The molecule has 3 aromatic rings. The molecule has 0 spiro atoms. The SMILES string of the molecule is Clc1ccc(-c2csc3ncnc(N4CCN(C5CCCCC5)CC4)c23)cc1. The van der Waals surface area contributed by atoms with Crippen molar-refractivity contribution < 1.29 is 0 Å². The van der Waals surface area contributed by atoms with Gasteiger partial charge in [0.05, 0.1) is 5.39 Å². The Bertz CT molecular complexity index is 941. The van der Waals surface area contributed by atoms with Crippen LogP contribution in [-0.2, 0) is 0 Å². The second-order valence-electron chi connectivity index (χ2n) is 7.85. The zero-order chi connectivity index (χ0) is 18.9. The fourth-order valence-corrected chi connectivity index (χ4v) is 5.72. The predicted octanol–water partition coefficient (Wildman–Crippen LogP) is 5.47. The van der Waals surface area contributed by atoms with Crippen LogP contribution in [0, 0.1) is 0 Å². The van der Waals surface area contributed by atoms with Gasteiger partial charge in [-0.3, -0.25) is 4.90 Å². The number of piperazine rings is 1. The maximum Gasteiger partial charge on any atom is 0.141 e. The van der Waals surface area contributed by atoms with Crippen LogP contribution in [0.3, 0.4) is 0 Å². The van der Waals surface area contributed by atoms with E-state index >= 15 is 0 Å². The van der Waals surface area contributed by atoms with Gasteiger partial charge in [-0.25, -0.2) is 9.97 Å². The topological polar surface area (TPSA) is 32.3 Å². The van der Waals surface area contributed by atoms with E-state index in [4.69, 9.17) is 16.6 Å². The summed E-state index contributed by atoms with van der Waals surface area (Å²) in [4.78, 5) is 15.5. The van der Waals surface area contributed by atoms with Crippen LogP contribution in [0.25, 0.3) is 21.3 Å². The number of halogens is 1. The zero-order valence-corrected chi connectivity index (χ0v) is 17.6. The third-order valence-corrected chi connectivity index (χ3v) is 7.35. The molecule has 1 aliphatic heterocycles. The van der Waals surface area contributed by atoms with Crippen LogP contribution in [0.4, 0.5) is 5.82 Å². The lowest BCUT2D eigenvalue weighted by molar-refractivity contribution is 0.148. The molecule has 5 rings (SSSR count). The monoisotopic (exact) mass is 412 g/mol. The quantitative estimate of drug-likeness (QED) is 0.571. The van der Waals surface area contributed by atoms with Crippen molar-refractivity contribution in [1.29, 1.82) is 0 Å². The standard InChI is InChI=1S/C22H25ClN4S/c23-17-8-6-16(7-9-17)19-14-28-22-20(19)21(24-15-25-22)27-12-10-26(11-13-27)18-4-2-1-3-5-18/h6-9,14-15,18H,1-5,10-13H2. The molecule has 2 aromatic heterocycles. The molecule has 1 aromatic carbocycles. The number of benzene rings is 1. The molecule has 0 bridgehead atoms. The second kappa shape index (κ2) is 7.97. The normalized spacial score (nSPS) is 19.4. The van der Waals surface area contributed by atoms with Gasteiger partial charge in [-0.05, 0) is 30.5 Å². The fraction of sp³-hybridized carbons (Fsp3) is 0.455. The number of hydrogen-bond donors (Lipinski definition) is 0. The van der Waals surface area contributed by atoms with E-state index in [-0.39, 0.29) is 0 Å². The lowest BCUT2D eigenvalue weighted by Crippen LogP contribution is -2.51. The van der Waals surface area contributed by atoms with Crippen molar-refractivity contribution in [3.05, 3.63) is 41.0 Å². The summed E-state index contributed by atoms with van der Waals surface area (Å²) in [5.74, 6) is 1.08. The van der Waals surface area contributed by atoms with Gasteiger partial charge in [0.2, 0.25) is 0 Å². The highest BCUT2D eigenvalue weighted by Crippen LogP contribution is 2.38. The van der Waals surface area contributed by atoms with Crippen molar-refractivity contribution in [2.45, 2.75) is 38.1 Å². The largest absolute Gasteiger partial charge is 0.353 e. The Morgan fingerprint density at radius 2 is 1.68 bits per heavy atom. The first kappa shape index (κ1) is 18.3. The van der Waals surface area contributed by atoms with Crippen molar-refractivity contribution >= 4 is 39.0 Å². The third-order valence-electron chi connectivity index (χ3n) is 6.21. The molecule has 0 N–H and O–H groups in total. The lowest BCUT2D eigenvalue weighted by atomic mass is 9.94. The molecule has 28 heavy (non-hydrogen) atoms. The van der Waals surface area contributed by atoms with Crippen LogP contribution in [0.5, 0.6) is 0 Å². The van der Waals surface area contributed by atoms with Gasteiger partial charge < -0.3 is 4.90 Å². The number of anilines is 1. The van der Waals surface area contributed by atoms with Gasteiger partial charge in [-0.15, -0.1) is 11.3 Å². The summed E-state index contributed by atoms with van der Waals surface area (Å²) < 4.78 is 0. The number of rotatable bonds is 3. The molecule has 0 amide bonds. The van der Waals surface area contributed by atoms with E-state index in [9.17, 15) is 0 Å². The van der Waals surface area contributed by atoms with Crippen LogP contribution >= 0.6 is 22.9 Å². The first-order valence-electron chi connectivity index (χ1n) is 10.3. The van der Waals surface area contributed by atoms with E-state index in [1.54, 1.807) is 17.7 Å². The van der Waals surface area contributed by atoms with Gasteiger partial charge >= 0.3 is 0 Å². The fourth-order valence-electron chi connectivity index (χ4n) is 4.69. The van der Waals surface area contributed by atoms with Crippen molar-refractivity contribution in [3.63, 3.8) is 0 Å². The Morgan fingerprint density at radius 1 is 0.929 bits per heavy atom. The summed E-state index contributed by atoms with van der Waals surface area (Å²) in [5.41, 5.74) is 2.38. The van der Waals surface area contributed by atoms with Gasteiger partial charge in [0.25, 0.3) is 0 Å². The van der Waals surface area contributed by atoms with Gasteiger partial charge in [-0.1, -0.05) is 43.0 Å². The molecule has 1 saturated carbocycles. The summed E-state index contributed by atoms with van der Waals surface area (Å²) in [5, 5.41) is 4.14. The number of hydrogen-bond acceptors (Lipinski definition) is 5. The van der Waals surface area contributed by atoms with E-state index in [1.807, 2.05) is 12.1 Å². The number of fused-ring (bicyclic) bond motifs is 1. The average molecular weight is 413 g/mol. The molecule has 6 heteroatoms.